The largest absolute Gasteiger partial charge is 0.380 e. The van der Waals surface area contributed by atoms with Gasteiger partial charge in [0.2, 0.25) is 0 Å². The third-order valence-corrected chi connectivity index (χ3v) is 4.17. The second-order valence-corrected chi connectivity index (χ2v) is 5.05. The molecule has 98 valence electrons. The van der Waals surface area contributed by atoms with E-state index in [-0.39, 0.29) is 17.8 Å². The molecule has 2 fully saturated rings. The standard InChI is InChI=1S/C14H17FO3/c1-16-13-7-18-9-14(8-17-6-11(13)14)10-4-2-3-5-12(10)15/h2-5,11,13H,6-9H2,1H3/t11-,13+,14+/m1/s1. The number of halogens is 1. The van der Waals surface area contributed by atoms with Crippen LogP contribution < -0.4 is 0 Å². The van der Waals surface area contributed by atoms with Crippen LogP contribution >= 0.6 is 0 Å². The van der Waals surface area contributed by atoms with Crippen molar-refractivity contribution in [2.24, 2.45) is 5.92 Å². The molecule has 2 aliphatic rings. The van der Waals surface area contributed by atoms with Crippen LogP contribution in [0.5, 0.6) is 0 Å². The fourth-order valence-electron chi connectivity index (χ4n) is 3.17. The molecule has 4 heteroatoms. The highest BCUT2D eigenvalue weighted by molar-refractivity contribution is 5.31. The molecule has 0 spiro atoms. The molecule has 0 saturated carbocycles. The summed E-state index contributed by atoms with van der Waals surface area (Å²) in [6.45, 7) is 2.16. The van der Waals surface area contributed by atoms with Crippen molar-refractivity contribution in [3.05, 3.63) is 35.6 Å². The molecule has 1 aromatic rings. The van der Waals surface area contributed by atoms with Crippen molar-refractivity contribution in [2.75, 3.05) is 33.5 Å². The molecule has 0 bridgehead atoms. The number of ether oxygens (including phenoxy) is 3. The van der Waals surface area contributed by atoms with Crippen LogP contribution in [0.2, 0.25) is 0 Å². The van der Waals surface area contributed by atoms with Crippen LogP contribution in [0.15, 0.2) is 24.3 Å². The van der Waals surface area contributed by atoms with Gasteiger partial charge >= 0.3 is 0 Å². The zero-order valence-electron chi connectivity index (χ0n) is 10.4. The van der Waals surface area contributed by atoms with E-state index in [0.29, 0.717) is 32.0 Å². The van der Waals surface area contributed by atoms with Crippen LogP contribution in [-0.2, 0) is 19.6 Å². The summed E-state index contributed by atoms with van der Waals surface area (Å²) in [7, 11) is 1.67. The van der Waals surface area contributed by atoms with Gasteiger partial charge in [-0.2, -0.15) is 0 Å². The summed E-state index contributed by atoms with van der Waals surface area (Å²) in [5.74, 6) is -0.0264. The van der Waals surface area contributed by atoms with Gasteiger partial charge in [-0.15, -0.1) is 0 Å². The molecule has 0 N–H and O–H groups in total. The van der Waals surface area contributed by atoms with Crippen LogP contribution in [0.3, 0.4) is 0 Å². The number of rotatable bonds is 2. The molecule has 0 radical (unpaired) electrons. The van der Waals surface area contributed by atoms with Crippen molar-refractivity contribution in [1.29, 1.82) is 0 Å². The van der Waals surface area contributed by atoms with E-state index < -0.39 is 5.41 Å². The average Bonchev–Trinajstić information content (AvgIpc) is 2.83. The molecular weight excluding hydrogens is 235 g/mol. The summed E-state index contributed by atoms with van der Waals surface area (Å²) in [4.78, 5) is 0. The molecule has 0 aromatic heterocycles. The molecule has 0 aliphatic carbocycles. The van der Waals surface area contributed by atoms with Gasteiger partial charge in [-0.3, -0.25) is 0 Å². The number of benzene rings is 1. The molecule has 2 heterocycles. The van der Waals surface area contributed by atoms with E-state index in [2.05, 4.69) is 0 Å². The van der Waals surface area contributed by atoms with Gasteiger partial charge in [-0.25, -0.2) is 4.39 Å². The first kappa shape index (κ1) is 12.1. The molecule has 3 nitrogen and oxygen atoms in total. The van der Waals surface area contributed by atoms with E-state index in [1.165, 1.54) is 6.07 Å². The van der Waals surface area contributed by atoms with Gasteiger partial charge in [0.15, 0.2) is 0 Å². The summed E-state index contributed by atoms with van der Waals surface area (Å²) in [6, 6.07) is 6.89. The summed E-state index contributed by atoms with van der Waals surface area (Å²) in [5.41, 5.74) is 0.291. The van der Waals surface area contributed by atoms with Gasteiger partial charge in [0.1, 0.15) is 5.82 Å². The van der Waals surface area contributed by atoms with Crippen molar-refractivity contribution in [3.63, 3.8) is 0 Å². The monoisotopic (exact) mass is 252 g/mol. The fraction of sp³-hybridized carbons (Fsp3) is 0.571. The Morgan fingerprint density at radius 2 is 1.94 bits per heavy atom. The predicted octanol–water partition coefficient (Wildman–Crippen LogP) is 1.76. The molecule has 0 amide bonds. The van der Waals surface area contributed by atoms with Crippen molar-refractivity contribution in [3.8, 4) is 0 Å². The van der Waals surface area contributed by atoms with E-state index in [4.69, 9.17) is 14.2 Å². The minimum atomic E-state index is -0.399. The van der Waals surface area contributed by atoms with E-state index in [9.17, 15) is 4.39 Å². The third kappa shape index (κ3) is 1.67. The molecular formula is C14H17FO3. The lowest BCUT2D eigenvalue weighted by atomic mass is 9.69. The Morgan fingerprint density at radius 3 is 2.67 bits per heavy atom. The first-order chi connectivity index (χ1) is 8.78. The van der Waals surface area contributed by atoms with E-state index in [1.807, 2.05) is 12.1 Å². The van der Waals surface area contributed by atoms with Crippen molar-refractivity contribution in [1.82, 2.24) is 0 Å². The third-order valence-electron chi connectivity index (χ3n) is 4.17. The van der Waals surface area contributed by atoms with Gasteiger partial charge in [0.05, 0.1) is 37.9 Å². The SMILES string of the molecule is CO[C@H]1COC[C@]2(c3ccccc3F)COC[C@H]12. The van der Waals surface area contributed by atoms with Gasteiger partial charge < -0.3 is 14.2 Å². The van der Waals surface area contributed by atoms with Crippen molar-refractivity contribution in [2.45, 2.75) is 11.5 Å². The van der Waals surface area contributed by atoms with E-state index in [0.717, 1.165) is 0 Å². The topological polar surface area (TPSA) is 27.7 Å². The van der Waals surface area contributed by atoms with Gasteiger partial charge in [-0.1, -0.05) is 18.2 Å². The zero-order valence-corrected chi connectivity index (χ0v) is 10.4. The second kappa shape index (κ2) is 4.61. The normalized spacial score (nSPS) is 35.4. The Labute approximate surface area is 106 Å². The molecule has 18 heavy (non-hydrogen) atoms. The summed E-state index contributed by atoms with van der Waals surface area (Å²) in [6.07, 6.45) is -0.0270. The minimum Gasteiger partial charge on any atom is -0.380 e. The molecule has 3 atom stereocenters. The quantitative estimate of drug-likeness (QED) is 0.802. The molecule has 2 saturated heterocycles. The average molecular weight is 252 g/mol. The highest BCUT2D eigenvalue weighted by Gasteiger charge is 2.53. The molecule has 0 unspecified atom stereocenters. The van der Waals surface area contributed by atoms with E-state index >= 15 is 0 Å². The molecule has 2 aliphatic heterocycles. The van der Waals surface area contributed by atoms with Gasteiger partial charge in [0.25, 0.3) is 0 Å². The maximum atomic E-state index is 14.1. The molecule has 3 rings (SSSR count). The lowest BCUT2D eigenvalue weighted by Crippen LogP contribution is -2.51. The predicted molar refractivity (Wildman–Crippen MR) is 64.0 cm³/mol. The van der Waals surface area contributed by atoms with Crippen LogP contribution in [0.4, 0.5) is 4.39 Å². The Hall–Kier alpha value is -0.970. The maximum Gasteiger partial charge on any atom is 0.127 e. The highest BCUT2D eigenvalue weighted by atomic mass is 19.1. The van der Waals surface area contributed by atoms with Crippen LogP contribution in [0.25, 0.3) is 0 Å². The lowest BCUT2D eigenvalue weighted by Gasteiger charge is -2.42. The van der Waals surface area contributed by atoms with Gasteiger partial charge in [0, 0.05) is 13.0 Å². The smallest absolute Gasteiger partial charge is 0.127 e. The Kier molecular flexibility index (Phi) is 3.09. The summed E-state index contributed by atoms with van der Waals surface area (Å²) >= 11 is 0. The first-order valence-corrected chi connectivity index (χ1v) is 6.21. The Bertz CT molecular complexity index is 437. The summed E-state index contributed by atoms with van der Waals surface area (Å²) < 4.78 is 30.8. The van der Waals surface area contributed by atoms with E-state index in [1.54, 1.807) is 13.2 Å². The fourth-order valence-corrected chi connectivity index (χ4v) is 3.17. The van der Waals surface area contributed by atoms with Crippen LogP contribution in [0, 0.1) is 11.7 Å². The zero-order chi connectivity index (χ0) is 12.6. The highest BCUT2D eigenvalue weighted by Crippen LogP contribution is 2.44. The number of methoxy groups -OCH3 is 1. The lowest BCUT2D eigenvalue weighted by molar-refractivity contribution is -0.0944. The first-order valence-electron chi connectivity index (χ1n) is 6.21. The Morgan fingerprint density at radius 1 is 1.22 bits per heavy atom. The van der Waals surface area contributed by atoms with Crippen molar-refractivity contribution >= 4 is 0 Å². The number of hydrogen-bond acceptors (Lipinski definition) is 3. The minimum absolute atomic E-state index is 0.0270. The maximum absolute atomic E-state index is 14.1. The number of hydrogen-bond donors (Lipinski definition) is 0. The van der Waals surface area contributed by atoms with Crippen molar-refractivity contribution < 1.29 is 18.6 Å². The number of fused-ring (bicyclic) bond motifs is 1. The van der Waals surface area contributed by atoms with Crippen LogP contribution in [-0.4, -0.2) is 39.6 Å². The summed E-state index contributed by atoms with van der Waals surface area (Å²) in [5, 5.41) is 0. The van der Waals surface area contributed by atoms with Gasteiger partial charge in [-0.05, 0) is 11.6 Å². The molecule has 1 aromatic carbocycles. The van der Waals surface area contributed by atoms with Crippen LogP contribution in [0.1, 0.15) is 5.56 Å². The Balaban J connectivity index is 2.04. The second-order valence-electron chi connectivity index (χ2n) is 5.05.